The van der Waals surface area contributed by atoms with Gasteiger partial charge in [-0.15, -0.1) is 0 Å². The van der Waals surface area contributed by atoms with Crippen molar-refractivity contribution in [2.45, 2.75) is 43.5 Å². The third kappa shape index (κ3) is 6.40. The molecule has 0 bridgehead atoms. The van der Waals surface area contributed by atoms with Gasteiger partial charge in [0.25, 0.3) is 5.69 Å². The zero-order valence-corrected chi connectivity index (χ0v) is 15.1. The standard InChI is InChI=1S/C15H24N4O5S/c1-3-15(16,4-2)11-17-14(20)9-10-18-25(23,24)13-7-5-12(6-8-13)19(21)22/h5-8,18H,3-4,9-11,16H2,1-2H3,(H,17,20). The molecule has 9 nitrogen and oxygen atoms in total. The minimum Gasteiger partial charge on any atom is -0.354 e. The average molecular weight is 372 g/mol. The summed E-state index contributed by atoms with van der Waals surface area (Å²) in [6.45, 7) is 4.12. The van der Waals surface area contributed by atoms with E-state index in [0.29, 0.717) is 6.54 Å². The predicted molar refractivity (Wildman–Crippen MR) is 93.4 cm³/mol. The third-order valence-corrected chi connectivity index (χ3v) is 5.52. The number of sulfonamides is 1. The van der Waals surface area contributed by atoms with Gasteiger partial charge in [0, 0.05) is 37.2 Å². The summed E-state index contributed by atoms with van der Waals surface area (Å²) < 4.78 is 26.4. The molecule has 1 rings (SSSR count). The maximum absolute atomic E-state index is 12.1. The Morgan fingerprint density at radius 3 is 2.28 bits per heavy atom. The highest BCUT2D eigenvalue weighted by molar-refractivity contribution is 7.89. The number of nitrogens with zero attached hydrogens (tertiary/aromatic N) is 1. The number of carbonyl (C=O) groups is 1. The van der Waals surface area contributed by atoms with Gasteiger partial charge < -0.3 is 11.1 Å². The average Bonchev–Trinajstić information content (AvgIpc) is 2.59. The van der Waals surface area contributed by atoms with Crippen molar-refractivity contribution >= 4 is 21.6 Å². The van der Waals surface area contributed by atoms with Gasteiger partial charge in [-0.2, -0.15) is 0 Å². The first-order valence-corrected chi connectivity index (χ1v) is 9.41. The van der Waals surface area contributed by atoms with E-state index in [1.165, 1.54) is 0 Å². The lowest BCUT2D eigenvalue weighted by Gasteiger charge is -2.26. The van der Waals surface area contributed by atoms with Crippen LogP contribution in [-0.4, -0.2) is 37.9 Å². The minimum absolute atomic E-state index is 0.0320. The van der Waals surface area contributed by atoms with Crippen molar-refractivity contribution in [3.63, 3.8) is 0 Å². The Hall–Kier alpha value is -2.04. The first-order valence-electron chi connectivity index (χ1n) is 7.93. The summed E-state index contributed by atoms with van der Waals surface area (Å²) in [7, 11) is -3.83. The molecule has 0 unspecified atom stereocenters. The van der Waals surface area contributed by atoms with Gasteiger partial charge in [-0.25, -0.2) is 13.1 Å². The highest BCUT2D eigenvalue weighted by atomic mass is 32.2. The zero-order chi connectivity index (χ0) is 19.1. The Morgan fingerprint density at radius 2 is 1.80 bits per heavy atom. The van der Waals surface area contributed by atoms with Crippen LogP contribution in [0, 0.1) is 10.1 Å². The number of nitrogens with two attached hydrogens (primary N) is 1. The number of rotatable bonds is 10. The summed E-state index contributed by atoms with van der Waals surface area (Å²) >= 11 is 0. The van der Waals surface area contributed by atoms with Gasteiger partial charge in [-0.05, 0) is 25.0 Å². The fraction of sp³-hybridized carbons (Fsp3) is 0.533. The van der Waals surface area contributed by atoms with Gasteiger partial charge in [-0.3, -0.25) is 14.9 Å². The first kappa shape index (κ1) is 21.0. The van der Waals surface area contributed by atoms with Crippen LogP contribution in [0.2, 0.25) is 0 Å². The van der Waals surface area contributed by atoms with E-state index in [1.807, 2.05) is 13.8 Å². The fourth-order valence-corrected chi connectivity index (χ4v) is 3.02. The van der Waals surface area contributed by atoms with Crippen LogP contribution in [0.4, 0.5) is 5.69 Å². The predicted octanol–water partition coefficient (Wildman–Crippen LogP) is 0.897. The summed E-state index contributed by atoms with van der Waals surface area (Å²) in [5, 5.41) is 13.3. The SMILES string of the molecule is CCC(N)(CC)CNC(=O)CCNS(=O)(=O)c1ccc([N+](=O)[O-])cc1. The smallest absolute Gasteiger partial charge is 0.269 e. The second kappa shape index (κ2) is 8.88. The summed E-state index contributed by atoms with van der Waals surface area (Å²) in [4.78, 5) is 21.6. The molecule has 0 spiro atoms. The van der Waals surface area contributed by atoms with E-state index in [4.69, 9.17) is 5.73 Å². The molecule has 0 aliphatic heterocycles. The van der Waals surface area contributed by atoms with E-state index in [9.17, 15) is 23.3 Å². The fourth-order valence-electron chi connectivity index (χ4n) is 1.99. The third-order valence-electron chi connectivity index (χ3n) is 4.05. The van der Waals surface area contributed by atoms with Gasteiger partial charge >= 0.3 is 0 Å². The number of non-ortho nitro benzene ring substituents is 1. The number of benzene rings is 1. The van der Waals surface area contributed by atoms with E-state index < -0.39 is 20.5 Å². The molecule has 1 aromatic carbocycles. The number of amides is 1. The number of nitro benzene ring substituents is 1. The maximum Gasteiger partial charge on any atom is 0.269 e. The molecule has 1 amide bonds. The molecule has 140 valence electrons. The van der Waals surface area contributed by atoms with Crippen molar-refractivity contribution in [1.29, 1.82) is 0 Å². The molecule has 0 heterocycles. The van der Waals surface area contributed by atoms with Gasteiger partial charge in [0.05, 0.1) is 9.82 Å². The second-order valence-corrected chi connectivity index (χ2v) is 7.51. The van der Waals surface area contributed by atoms with Crippen molar-refractivity contribution in [2.24, 2.45) is 5.73 Å². The Morgan fingerprint density at radius 1 is 1.24 bits per heavy atom. The summed E-state index contributed by atoms with van der Waals surface area (Å²) in [5.74, 6) is -0.303. The lowest BCUT2D eigenvalue weighted by atomic mass is 9.94. The van der Waals surface area contributed by atoms with Crippen molar-refractivity contribution in [2.75, 3.05) is 13.1 Å². The molecule has 0 atom stereocenters. The number of hydrogen-bond acceptors (Lipinski definition) is 6. The van der Waals surface area contributed by atoms with Crippen molar-refractivity contribution in [1.82, 2.24) is 10.0 Å². The Kier molecular flexibility index (Phi) is 7.46. The summed E-state index contributed by atoms with van der Waals surface area (Å²) in [6.07, 6.45) is 1.41. The van der Waals surface area contributed by atoms with Crippen molar-refractivity contribution in [3.8, 4) is 0 Å². The molecule has 0 radical (unpaired) electrons. The highest BCUT2D eigenvalue weighted by Gasteiger charge is 2.21. The van der Waals surface area contributed by atoms with Crippen molar-refractivity contribution in [3.05, 3.63) is 34.4 Å². The van der Waals surface area contributed by atoms with Crippen LogP contribution in [-0.2, 0) is 14.8 Å². The van der Waals surface area contributed by atoms with Crippen LogP contribution >= 0.6 is 0 Å². The molecular formula is C15H24N4O5S. The number of hydrogen-bond donors (Lipinski definition) is 3. The Bertz CT molecular complexity index is 699. The van der Waals surface area contributed by atoms with E-state index in [1.54, 1.807) is 0 Å². The largest absolute Gasteiger partial charge is 0.354 e. The first-order chi connectivity index (χ1) is 11.6. The molecule has 1 aromatic rings. The van der Waals surface area contributed by atoms with Gasteiger partial charge in [0.15, 0.2) is 0 Å². The molecule has 25 heavy (non-hydrogen) atoms. The monoisotopic (exact) mass is 372 g/mol. The number of nitrogens with one attached hydrogen (secondary N) is 2. The van der Waals surface area contributed by atoms with E-state index in [0.717, 1.165) is 37.1 Å². The van der Waals surface area contributed by atoms with Crippen LogP contribution in [0.3, 0.4) is 0 Å². The van der Waals surface area contributed by atoms with E-state index in [-0.39, 0.29) is 29.5 Å². The van der Waals surface area contributed by atoms with Gasteiger partial charge in [0.2, 0.25) is 15.9 Å². The molecule has 4 N–H and O–H groups in total. The molecule has 10 heteroatoms. The minimum atomic E-state index is -3.83. The molecule has 0 saturated carbocycles. The maximum atomic E-state index is 12.1. The molecule has 0 saturated heterocycles. The molecular weight excluding hydrogens is 348 g/mol. The van der Waals surface area contributed by atoms with Crippen LogP contribution in [0.25, 0.3) is 0 Å². The Balaban J connectivity index is 2.51. The van der Waals surface area contributed by atoms with Crippen LogP contribution in [0.1, 0.15) is 33.1 Å². The number of nitro groups is 1. The second-order valence-electron chi connectivity index (χ2n) is 5.74. The number of carbonyl (C=O) groups excluding carboxylic acids is 1. The molecule has 0 aromatic heterocycles. The quantitative estimate of drug-likeness (QED) is 0.411. The van der Waals surface area contributed by atoms with Gasteiger partial charge in [0.1, 0.15) is 0 Å². The normalized spacial score (nSPS) is 12.0. The van der Waals surface area contributed by atoms with Crippen molar-refractivity contribution < 1.29 is 18.1 Å². The van der Waals surface area contributed by atoms with Crippen LogP contribution in [0.15, 0.2) is 29.2 Å². The lowest BCUT2D eigenvalue weighted by Crippen LogP contribution is -2.49. The van der Waals surface area contributed by atoms with Crippen LogP contribution < -0.4 is 15.8 Å². The van der Waals surface area contributed by atoms with E-state index in [2.05, 4.69) is 10.0 Å². The Labute approximate surface area is 147 Å². The lowest BCUT2D eigenvalue weighted by molar-refractivity contribution is -0.384. The van der Waals surface area contributed by atoms with Crippen LogP contribution in [0.5, 0.6) is 0 Å². The molecule has 0 aliphatic carbocycles. The molecule has 0 fully saturated rings. The summed E-state index contributed by atoms with van der Waals surface area (Å²) in [5.41, 5.74) is 5.42. The highest BCUT2D eigenvalue weighted by Crippen LogP contribution is 2.15. The molecule has 0 aliphatic rings. The summed E-state index contributed by atoms with van der Waals surface area (Å²) in [6, 6.07) is 4.51. The van der Waals surface area contributed by atoms with E-state index >= 15 is 0 Å². The van der Waals surface area contributed by atoms with Gasteiger partial charge in [-0.1, -0.05) is 13.8 Å². The zero-order valence-electron chi connectivity index (χ0n) is 14.3. The topological polar surface area (TPSA) is 144 Å².